The van der Waals surface area contributed by atoms with Crippen molar-refractivity contribution in [3.05, 3.63) is 22.2 Å². The van der Waals surface area contributed by atoms with E-state index in [0.29, 0.717) is 0 Å². The Hall–Kier alpha value is 0.683. The molecular weight excluding hydrogens is 268 g/mol. The molecule has 1 aliphatic rings. The Morgan fingerprint density at radius 1 is 0.909 bits per heavy atom. The number of rotatable bonds is 0. The second-order valence-corrected chi connectivity index (χ2v) is 3.27. The van der Waals surface area contributed by atoms with Crippen molar-refractivity contribution in [3.8, 4) is 0 Å². The van der Waals surface area contributed by atoms with Gasteiger partial charge < -0.3 is 0 Å². The predicted octanol–water partition coefficient (Wildman–Crippen LogP) is 3.80. The molecule has 0 unspecified atom stereocenters. The minimum absolute atomic E-state index is 0. The van der Waals surface area contributed by atoms with Crippen molar-refractivity contribution in [1.82, 2.24) is 0 Å². The standard InChI is InChI=1S/C8H10Cl2.Ru/c9-7-5-3-1-2-4-6-8(7)10;/h1-2H,3-6H2;/q;+2. The molecule has 0 bridgehead atoms. The van der Waals surface area contributed by atoms with Crippen LogP contribution in [-0.2, 0) is 19.5 Å². The van der Waals surface area contributed by atoms with Gasteiger partial charge in [0.2, 0.25) is 0 Å². The van der Waals surface area contributed by atoms with Crippen molar-refractivity contribution in [2.24, 2.45) is 0 Å². The summed E-state index contributed by atoms with van der Waals surface area (Å²) in [6.07, 6.45) is 8.16. The van der Waals surface area contributed by atoms with Gasteiger partial charge in [0.15, 0.2) is 0 Å². The summed E-state index contributed by atoms with van der Waals surface area (Å²) in [7, 11) is 0. The SMILES string of the molecule is ClC1=C(Cl)CCC=CCC1.[Ru+2]. The molecule has 3 heteroatoms. The second-order valence-electron chi connectivity index (χ2n) is 2.36. The zero-order valence-electron chi connectivity index (χ0n) is 6.09. The van der Waals surface area contributed by atoms with Crippen LogP contribution >= 0.6 is 23.2 Å². The van der Waals surface area contributed by atoms with Gasteiger partial charge in [-0.3, -0.25) is 0 Å². The van der Waals surface area contributed by atoms with E-state index in [2.05, 4.69) is 12.2 Å². The van der Waals surface area contributed by atoms with Gasteiger partial charge in [-0.2, -0.15) is 0 Å². The molecule has 0 saturated heterocycles. The number of hydrogen-bond donors (Lipinski definition) is 0. The van der Waals surface area contributed by atoms with Crippen molar-refractivity contribution in [2.75, 3.05) is 0 Å². The molecule has 1 aliphatic carbocycles. The molecule has 0 nitrogen and oxygen atoms in total. The summed E-state index contributed by atoms with van der Waals surface area (Å²) in [4.78, 5) is 0. The first-order chi connectivity index (χ1) is 4.80. The van der Waals surface area contributed by atoms with Crippen LogP contribution in [0.15, 0.2) is 22.2 Å². The first-order valence-corrected chi connectivity index (χ1v) is 4.24. The van der Waals surface area contributed by atoms with E-state index in [0.717, 1.165) is 35.7 Å². The molecule has 0 spiro atoms. The van der Waals surface area contributed by atoms with Gasteiger partial charge in [0.1, 0.15) is 0 Å². The Morgan fingerprint density at radius 3 is 1.64 bits per heavy atom. The minimum Gasteiger partial charge on any atom is -0.0882 e. The largest absolute Gasteiger partial charge is 2.00 e. The van der Waals surface area contributed by atoms with Crippen LogP contribution in [0.1, 0.15) is 25.7 Å². The van der Waals surface area contributed by atoms with Crippen LogP contribution in [0, 0.1) is 0 Å². The van der Waals surface area contributed by atoms with Gasteiger partial charge in [-0.1, -0.05) is 35.4 Å². The van der Waals surface area contributed by atoms with Gasteiger partial charge in [0, 0.05) is 10.1 Å². The van der Waals surface area contributed by atoms with Crippen LogP contribution < -0.4 is 0 Å². The Morgan fingerprint density at radius 2 is 1.27 bits per heavy atom. The van der Waals surface area contributed by atoms with E-state index < -0.39 is 0 Å². The number of halogens is 2. The summed E-state index contributed by atoms with van der Waals surface area (Å²) in [5.41, 5.74) is 0. The monoisotopic (exact) mass is 278 g/mol. The second kappa shape index (κ2) is 6.23. The van der Waals surface area contributed by atoms with Gasteiger partial charge in [0.05, 0.1) is 0 Å². The molecule has 0 aromatic carbocycles. The van der Waals surface area contributed by atoms with Gasteiger partial charge in [0.25, 0.3) is 0 Å². The molecule has 0 atom stereocenters. The maximum absolute atomic E-state index is 5.86. The Bertz CT molecular complexity index is 155. The van der Waals surface area contributed by atoms with Gasteiger partial charge in [-0.05, 0) is 25.7 Å². The number of hydrogen-bond acceptors (Lipinski definition) is 0. The molecule has 11 heavy (non-hydrogen) atoms. The molecule has 62 valence electrons. The molecule has 0 radical (unpaired) electrons. The van der Waals surface area contributed by atoms with Gasteiger partial charge >= 0.3 is 19.5 Å². The molecule has 0 heterocycles. The van der Waals surface area contributed by atoms with Crippen LogP contribution in [0.3, 0.4) is 0 Å². The maximum atomic E-state index is 5.86. The molecule has 0 N–H and O–H groups in total. The van der Waals surface area contributed by atoms with Crippen molar-refractivity contribution in [1.29, 1.82) is 0 Å². The summed E-state index contributed by atoms with van der Waals surface area (Å²) in [6, 6.07) is 0. The average molecular weight is 278 g/mol. The fraction of sp³-hybridized carbons (Fsp3) is 0.500. The third-order valence-corrected chi connectivity index (χ3v) is 2.45. The molecule has 0 saturated carbocycles. The summed E-state index contributed by atoms with van der Waals surface area (Å²) in [6.45, 7) is 0. The van der Waals surface area contributed by atoms with Crippen molar-refractivity contribution in [3.63, 3.8) is 0 Å². The van der Waals surface area contributed by atoms with Gasteiger partial charge in [-0.25, -0.2) is 0 Å². The third-order valence-electron chi connectivity index (χ3n) is 1.52. The zero-order valence-corrected chi connectivity index (χ0v) is 9.34. The van der Waals surface area contributed by atoms with E-state index in [1.165, 1.54) is 0 Å². The fourth-order valence-electron chi connectivity index (χ4n) is 0.927. The topological polar surface area (TPSA) is 0 Å². The normalized spacial score (nSPS) is 18.7. The average Bonchev–Trinajstić information content (AvgIpc) is 1.92. The summed E-state index contributed by atoms with van der Waals surface area (Å²) in [5.74, 6) is 0. The molecule has 0 aromatic rings. The smallest absolute Gasteiger partial charge is 0.0882 e. The summed E-state index contributed by atoms with van der Waals surface area (Å²) >= 11 is 11.7. The third kappa shape index (κ3) is 4.30. The van der Waals surface area contributed by atoms with E-state index in [4.69, 9.17) is 23.2 Å². The van der Waals surface area contributed by atoms with Crippen LogP contribution in [0.5, 0.6) is 0 Å². The van der Waals surface area contributed by atoms with E-state index in [-0.39, 0.29) is 19.5 Å². The van der Waals surface area contributed by atoms with Gasteiger partial charge in [-0.15, -0.1) is 0 Å². The van der Waals surface area contributed by atoms with Crippen LogP contribution in [0.25, 0.3) is 0 Å². The summed E-state index contributed by atoms with van der Waals surface area (Å²) < 4.78 is 0. The summed E-state index contributed by atoms with van der Waals surface area (Å²) in [5, 5.41) is 1.68. The van der Waals surface area contributed by atoms with E-state index in [1.807, 2.05) is 0 Å². The number of allylic oxidation sites excluding steroid dienone is 4. The molecular formula is C8H10Cl2Ru+2. The Balaban J connectivity index is 0.000001000. The zero-order chi connectivity index (χ0) is 7.40. The van der Waals surface area contributed by atoms with Crippen LogP contribution in [-0.4, -0.2) is 0 Å². The first kappa shape index (κ1) is 11.7. The van der Waals surface area contributed by atoms with E-state index in [9.17, 15) is 0 Å². The first-order valence-electron chi connectivity index (χ1n) is 3.48. The molecule has 0 fully saturated rings. The van der Waals surface area contributed by atoms with E-state index in [1.54, 1.807) is 0 Å². The van der Waals surface area contributed by atoms with Crippen LogP contribution in [0.2, 0.25) is 0 Å². The van der Waals surface area contributed by atoms with E-state index >= 15 is 0 Å². The molecule has 1 rings (SSSR count). The van der Waals surface area contributed by atoms with Crippen molar-refractivity contribution >= 4 is 23.2 Å². The predicted molar refractivity (Wildman–Crippen MR) is 46.3 cm³/mol. The quantitative estimate of drug-likeness (QED) is 0.467. The Kier molecular flexibility index (Phi) is 6.61. The maximum Gasteiger partial charge on any atom is 2.00 e. The van der Waals surface area contributed by atoms with Crippen molar-refractivity contribution in [2.45, 2.75) is 25.7 Å². The minimum atomic E-state index is 0. The van der Waals surface area contributed by atoms with Crippen molar-refractivity contribution < 1.29 is 19.5 Å². The van der Waals surface area contributed by atoms with Crippen LogP contribution in [0.4, 0.5) is 0 Å². The Labute approximate surface area is 90.4 Å². The molecule has 0 amide bonds. The fourth-order valence-corrected chi connectivity index (χ4v) is 1.33. The molecule has 0 aliphatic heterocycles. The molecule has 0 aromatic heterocycles.